The van der Waals surface area contributed by atoms with Crippen LogP contribution in [0.4, 0.5) is 5.95 Å². The molecule has 6 nitrogen and oxygen atoms in total. The Hall–Kier alpha value is -1.41. The second-order valence-electron chi connectivity index (χ2n) is 8.33. The lowest BCUT2D eigenvalue weighted by atomic mass is 10.1. The highest BCUT2D eigenvalue weighted by Crippen LogP contribution is 2.39. The van der Waals surface area contributed by atoms with Crippen molar-refractivity contribution in [3.05, 3.63) is 39.6 Å². The monoisotopic (exact) mass is 433 g/mol. The second kappa shape index (κ2) is 8.38. The van der Waals surface area contributed by atoms with Gasteiger partial charge in [-0.2, -0.15) is 0 Å². The third-order valence-corrected chi connectivity index (χ3v) is 6.89. The van der Waals surface area contributed by atoms with E-state index in [4.69, 9.17) is 33.7 Å². The Morgan fingerprint density at radius 1 is 1.10 bits per heavy atom. The fourth-order valence-electron chi connectivity index (χ4n) is 4.41. The van der Waals surface area contributed by atoms with Crippen LogP contribution in [0.3, 0.4) is 0 Å². The van der Waals surface area contributed by atoms with E-state index in [9.17, 15) is 0 Å². The molecule has 1 atom stereocenters. The number of anilines is 1. The van der Waals surface area contributed by atoms with Gasteiger partial charge in [0.15, 0.2) is 0 Å². The van der Waals surface area contributed by atoms with Crippen molar-refractivity contribution in [1.82, 2.24) is 19.2 Å². The van der Waals surface area contributed by atoms with Crippen LogP contribution in [0.25, 0.3) is 0 Å². The lowest BCUT2D eigenvalue weighted by Gasteiger charge is -2.33. The summed E-state index contributed by atoms with van der Waals surface area (Å²) >= 11 is 12.3. The average Bonchev–Trinajstić information content (AvgIpc) is 3.54. The van der Waals surface area contributed by atoms with Crippen LogP contribution in [0.2, 0.25) is 5.02 Å². The van der Waals surface area contributed by atoms with Crippen LogP contribution in [0.1, 0.15) is 49.8 Å². The molecule has 0 N–H and O–H groups in total. The largest absolute Gasteiger partial charge is 0.371 e. The zero-order valence-electron chi connectivity index (χ0n) is 16.7. The molecule has 29 heavy (non-hydrogen) atoms. The van der Waals surface area contributed by atoms with E-state index in [1.165, 1.54) is 32.1 Å². The Bertz CT molecular complexity index is 918. The molecule has 3 heterocycles. The van der Waals surface area contributed by atoms with E-state index in [2.05, 4.69) is 20.4 Å². The molecule has 1 aromatic heterocycles. The summed E-state index contributed by atoms with van der Waals surface area (Å²) < 4.78 is 11.2. The smallest absolute Gasteiger partial charge is 0.226 e. The van der Waals surface area contributed by atoms with Gasteiger partial charge in [-0.25, -0.2) is 4.68 Å². The summed E-state index contributed by atoms with van der Waals surface area (Å²) in [6, 6.07) is 8.49. The number of hydrogen-bond acceptors (Lipinski definition) is 5. The molecule has 3 fully saturated rings. The van der Waals surface area contributed by atoms with E-state index < -0.39 is 0 Å². The molecule has 5 rings (SSSR count). The summed E-state index contributed by atoms with van der Waals surface area (Å²) in [4.78, 5) is 4.80. The minimum atomic E-state index is -0.0151. The molecule has 2 aliphatic heterocycles. The van der Waals surface area contributed by atoms with E-state index in [-0.39, 0.29) is 6.10 Å². The van der Waals surface area contributed by atoms with Crippen molar-refractivity contribution in [2.24, 2.45) is 0 Å². The first kappa shape index (κ1) is 19.5. The Morgan fingerprint density at radius 2 is 1.90 bits per heavy atom. The van der Waals surface area contributed by atoms with Crippen molar-refractivity contribution < 1.29 is 4.74 Å². The van der Waals surface area contributed by atoms with Crippen LogP contribution >= 0.6 is 23.8 Å². The van der Waals surface area contributed by atoms with Gasteiger partial charge < -0.3 is 9.64 Å². The summed E-state index contributed by atoms with van der Waals surface area (Å²) in [5.74, 6) is 1.08. The highest BCUT2D eigenvalue weighted by molar-refractivity contribution is 7.71. The Kier molecular flexibility index (Phi) is 5.65. The molecule has 0 spiro atoms. The number of nitrogens with zero attached hydrogens (tertiary/aromatic N) is 5. The molecular weight excluding hydrogens is 406 g/mol. The van der Waals surface area contributed by atoms with Crippen molar-refractivity contribution in [3.63, 3.8) is 0 Å². The van der Waals surface area contributed by atoms with Gasteiger partial charge in [0.25, 0.3) is 0 Å². The van der Waals surface area contributed by atoms with Crippen molar-refractivity contribution in [3.8, 4) is 0 Å². The standard InChI is InChI=1S/C21H28ClN5OS/c22-18-7-3-2-6-17(18)19-14-24(12-13-28-19)15-26-21(29)27(16-8-9-16)20(23-26)25-10-4-1-5-11-25/h2-3,6-7,16,19H,1,4-5,8-15H2. The molecule has 1 saturated carbocycles. The van der Waals surface area contributed by atoms with Crippen LogP contribution in [-0.4, -0.2) is 52.0 Å². The first-order valence-corrected chi connectivity index (χ1v) is 11.5. The van der Waals surface area contributed by atoms with E-state index >= 15 is 0 Å². The van der Waals surface area contributed by atoms with Crippen LogP contribution in [0.5, 0.6) is 0 Å². The Labute approximate surface area is 182 Å². The van der Waals surface area contributed by atoms with Gasteiger partial charge in [-0.1, -0.05) is 29.8 Å². The minimum Gasteiger partial charge on any atom is -0.371 e. The van der Waals surface area contributed by atoms with Crippen molar-refractivity contribution >= 4 is 29.8 Å². The fourth-order valence-corrected chi connectivity index (χ4v) is 4.99. The van der Waals surface area contributed by atoms with Crippen molar-refractivity contribution in [2.75, 3.05) is 37.7 Å². The van der Waals surface area contributed by atoms with Gasteiger partial charge in [-0.15, -0.1) is 5.10 Å². The Morgan fingerprint density at radius 3 is 2.66 bits per heavy atom. The quantitative estimate of drug-likeness (QED) is 0.652. The third kappa shape index (κ3) is 4.10. The number of aromatic nitrogens is 3. The fraction of sp³-hybridized carbons (Fsp3) is 0.619. The molecule has 2 saturated heterocycles. The van der Waals surface area contributed by atoms with Gasteiger partial charge in [0.2, 0.25) is 10.7 Å². The number of halogens is 1. The van der Waals surface area contributed by atoms with Gasteiger partial charge in [-0.05, 0) is 50.4 Å². The van der Waals surface area contributed by atoms with Crippen LogP contribution in [0.15, 0.2) is 24.3 Å². The molecule has 1 unspecified atom stereocenters. The van der Waals surface area contributed by atoms with Gasteiger partial charge >= 0.3 is 0 Å². The molecular formula is C21H28ClN5OS. The maximum Gasteiger partial charge on any atom is 0.226 e. The van der Waals surface area contributed by atoms with Gasteiger partial charge in [0.1, 0.15) is 0 Å². The van der Waals surface area contributed by atoms with E-state index in [0.29, 0.717) is 19.3 Å². The zero-order chi connectivity index (χ0) is 19.8. The second-order valence-corrected chi connectivity index (χ2v) is 9.10. The third-order valence-electron chi connectivity index (χ3n) is 6.14. The number of hydrogen-bond donors (Lipinski definition) is 0. The van der Waals surface area contributed by atoms with Crippen molar-refractivity contribution in [1.29, 1.82) is 0 Å². The van der Waals surface area contributed by atoms with Gasteiger partial charge in [-0.3, -0.25) is 9.47 Å². The maximum atomic E-state index is 6.40. The summed E-state index contributed by atoms with van der Waals surface area (Å²) in [5, 5.41) is 5.76. The lowest BCUT2D eigenvalue weighted by Crippen LogP contribution is -2.39. The molecule has 1 aliphatic carbocycles. The molecule has 0 bridgehead atoms. The summed E-state index contributed by atoms with van der Waals surface area (Å²) in [6.45, 7) is 5.23. The normalized spacial score (nSPS) is 23.5. The van der Waals surface area contributed by atoms with Crippen molar-refractivity contribution in [2.45, 2.75) is 50.9 Å². The zero-order valence-corrected chi connectivity index (χ0v) is 18.2. The molecule has 3 aliphatic rings. The molecule has 0 amide bonds. The predicted octanol–water partition coefficient (Wildman–Crippen LogP) is 4.42. The number of rotatable bonds is 5. The molecule has 1 aromatic carbocycles. The number of piperidine rings is 1. The number of benzene rings is 1. The lowest BCUT2D eigenvalue weighted by molar-refractivity contribution is -0.0418. The maximum absolute atomic E-state index is 6.40. The van der Waals surface area contributed by atoms with E-state index in [1.54, 1.807) is 0 Å². The van der Waals surface area contributed by atoms with Crippen LogP contribution < -0.4 is 4.90 Å². The van der Waals surface area contributed by atoms with E-state index in [1.807, 2.05) is 22.9 Å². The predicted molar refractivity (Wildman–Crippen MR) is 117 cm³/mol. The number of ether oxygens (including phenoxy) is 1. The van der Waals surface area contributed by atoms with Crippen LogP contribution in [-0.2, 0) is 11.4 Å². The highest BCUT2D eigenvalue weighted by Gasteiger charge is 2.32. The minimum absolute atomic E-state index is 0.0151. The van der Waals surface area contributed by atoms with Crippen LogP contribution in [0, 0.1) is 4.77 Å². The Balaban J connectivity index is 1.36. The molecule has 156 valence electrons. The summed E-state index contributed by atoms with van der Waals surface area (Å²) in [7, 11) is 0. The summed E-state index contributed by atoms with van der Waals surface area (Å²) in [6.07, 6.45) is 6.22. The SMILES string of the molecule is S=c1n(CN2CCOC(c3ccccc3Cl)C2)nc(N2CCCCC2)n1C1CC1. The topological polar surface area (TPSA) is 38.5 Å². The first-order valence-electron chi connectivity index (χ1n) is 10.7. The molecule has 2 aromatic rings. The first-order chi connectivity index (χ1) is 14.2. The average molecular weight is 434 g/mol. The van der Waals surface area contributed by atoms with Gasteiger partial charge in [0, 0.05) is 42.8 Å². The molecule has 8 heteroatoms. The molecule has 0 radical (unpaired) electrons. The van der Waals surface area contributed by atoms with Gasteiger partial charge in [0.05, 0.1) is 19.4 Å². The summed E-state index contributed by atoms with van der Waals surface area (Å²) in [5.41, 5.74) is 1.06. The van der Waals surface area contributed by atoms with E-state index in [0.717, 1.165) is 47.5 Å². The highest BCUT2D eigenvalue weighted by atomic mass is 35.5. The number of morpholine rings is 1.